The molecule has 1 saturated heterocycles. The SMILES string of the molecule is NS(=O)(=O)CCCC1CCCCO1. The number of rotatable bonds is 4. The molecule has 4 nitrogen and oxygen atoms in total. The Hall–Kier alpha value is -0.130. The van der Waals surface area contributed by atoms with E-state index in [2.05, 4.69) is 0 Å². The normalized spacial score (nSPS) is 24.5. The summed E-state index contributed by atoms with van der Waals surface area (Å²) in [5, 5.41) is 4.88. The van der Waals surface area contributed by atoms with E-state index in [1.807, 2.05) is 0 Å². The number of sulfonamides is 1. The number of hydrogen-bond donors (Lipinski definition) is 1. The van der Waals surface area contributed by atoms with Gasteiger partial charge in [0.2, 0.25) is 10.0 Å². The van der Waals surface area contributed by atoms with Crippen molar-refractivity contribution in [3.05, 3.63) is 0 Å². The summed E-state index contributed by atoms with van der Waals surface area (Å²) >= 11 is 0. The van der Waals surface area contributed by atoms with E-state index < -0.39 is 10.0 Å². The van der Waals surface area contributed by atoms with Crippen molar-refractivity contribution in [3.8, 4) is 0 Å². The van der Waals surface area contributed by atoms with Crippen molar-refractivity contribution >= 4 is 10.0 Å². The molecule has 0 aliphatic carbocycles. The second-order valence-electron chi connectivity index (χ2n) is 3.50. The van der Waals surface area contributed by atoms with Gasteiger partial charge in [-0.3, -0.25) is 0 Å². The lowest BCUT2D eigenvalue weighted by molar-refractivity contribution is 0.0110. The maximum absolute atomic E-state index is 10.6. The summed E-state index contributed by atoms with van der Waals surface area (Å²) in [6, 6.07) is 0. The van der Waals surface area contributed by atoms with Gasteiger partial charge in [-0.25, -0.2) is 13.6 Å². The van der Waals surface area contributed by atoms with E-state index in [0.717, 1.165) is 25.9 Å². The predicted molar refractivity (Wildman–Crippen MR) is 50.8 cm³/mol. The third-order valence-corrected chi connectivity index (χ3v) is 3.09. The molecule has 13 heavy (non-hydrogen) atoms. The minimum atomic E-state index is -3.28. The zero-order valence-electron chi connectivity index (χ0n) is 7.74. The highest BCUT2D eigenvalue weighted by Crippen LogP contribution is 2.16. The van der Waals surface area contributed by atoms with Crippen LogP contribution in [0.15, 0.2) is 0 Å². The Morgan fingerprint density at radius 3 is 2.69 bits per heavy atom. The maximum Gasteiger partial charge on any atom is 0.209 e. The Bertz CT molecular complexity index is 232. The average molecular weight is 207 g/mol. The summed E-state index contributed by atoms with van der Waals surface area (Å²) in [4.78, 5) is 0. The summed E-state index contributed by atoms with van der Waals surface area (Å²) in [5.74, 6) is 0.0762. The van der Waals surface area contributed by atoms with Crippen LogP contribution in [-0.4, -0.2) is 26.9 Å². The first-order chi connectivity index (χ1) is 6.08. The smallest absolute Gasteiger partial charge is 0.209 e. The molecule has 0 radical (unpaired) electrons. The molecular formula is C8H17NO3S. The zero-order valence-corrected chi connectivity index (χ0v) is 8.55. The van der Waals surface area contributed by atoms with Crippen LogP contribution in [0.2, 0.25) is 0 Å². The molecular weight excluding hydrogens is 190 g/mol. The van der Waals surface area contributed by atoms with Crippen LogP contribution < -0.4 is 5.14 Å². The molecule has 78 valence electrons. The molecule has 0 bridgehead atoms. The highest BCUT2D eigenvalue weighted by molar-refractivity contribution is 7.89. The van der Waals surface area contributed by atoms with Crippen LogP contribution in [0.4, 0.5) is 0 Å². The van der Waals surface area contributed by atoms with Crippen molar-refractivity contribution in [2.24, 2.45) is 5.14 Å². The first-order valence-electron chi connectivity index (χ1n) is 4.70. The third-order valence-electron chi connectivity index (χ3n) is 2.23. The first kappa shape index (κ1) is 10.9. The van der Waals surface area contributed by atoms with Gasteiger partial charge >= 0.3 is 0 Å². The van der Waals surface area contributed by atoms with Crippen LogP contribution in [0.25, 0.3) is 0 Å². The first-order valence-corrected chi connectivity index (χ1v) is 6.41. The lowest BCUT2D eigenvalue weighted by Gasteiger charge is -2.22. The van der Waals surface area contributed by atoms with E-state index in [1.54, 1.807) is 0 Å². The van der Waals surface area contributed by atoms with Gasteiger partial charge in [0.05, 0.1) is 11.9 Å². The molecule has 0 amide bonds. The molecule has 2 N–H and O–H groups in total. The van der Waals surface area contributed by atoms with E-state index in [0.29, 0.717) is 6.42 Å². The maximum atomic E-state index is 10.6. The number of primary sulfonamides is 1. The summed E-state index contributed by atoms with van der Waals surface area (Å²) < 4.78 is 26.7. The van der Waals surface area contributed by atoms with Crippen LogP contribution in [0, 0.1) is 0 Å². The average Bonchev–Trinajstić information content (AvgIpc) is 2.04. The van der Waals surface area contributed by atoms with E-state index >= 15 is 0 Å². The summed E-state index contributed by atoms with van der Waals surface area (Å²) in [7, 11) is -3.28. The zero-order chi connectivity index (χ0) is 9.73. The summed E-state index contributed by atoms with van der Waals surface area (Å²) in [6.07, 6.45) is 5.08. The van der Waals surface area contributed by atoms with Crippen molar-refractivity contribution in [1.29, 1.82) is 0 Å². The van der Waals surface area contributed by atoms with Crippen molar-refractivity contribution in [2.75, 3.05) is 12.4 Å². The monoisotopic (exact) mass is 207 g/mol. The van der Waals surface area contributed by atoms with Crippen LogP contribution in [-0.2, 0) is 14.8 Å². The van der Waals surface area contributed by atoms with Crippen LogP contribution in [0.1, 0.15) is 32.1 Å². The van der Waals surface area contributed by atoms with Gasteiger partial charge in [-0.2, -0.15) is 0 Å². The lowest BCUT2D eigenvalue weighted by Crippen LogP contribution is -2.22. The van der Waals surface area contributed by atoms with E-state index in [-0.39, 0.29) is 11.9 Å². The van der Waals surface area contributed by atoms with Crippen molar-refractivity contribution in [3.63, 3.8) is 0 Å². The van der Waals surface area contributed by atoms with Crippen molar-refractivity contribution in [1.82, 2.24) is 0 Å². The van der Waals surface area contributed by atoms with Gasteiger partial charge in [0, 0.05) is 6.61 Å². The van der Waals surface area contributed by atoms with Gasteiger partial charge in [-0.15, -0.1) is 0 Å². The minimum absolute atomic E-state index is 0.0762. The highest BCUT2D eigenvalue weighted by Gasteiger charge is 2.14. The van der Waals surface area contributed by atoms with Crippen molar-refractivity contribution in [2.45, 2.75) is 38.2 Å². The Morgan fingerprint density at radius 1 is 1.38 bits per heavy atom. The van der Waals surface area contributed by atoms with E-state index in [1.165, 1.54) is 6.42 Å². The third kappa shape index (κ3) is 5.23. The molecule has 1 fully saturated rings. The molecule has 1 atom stereocenters. The van der Waals surface area contributed by atoms with Gasteiger partial charge < -0.3 is 4.74 Å². The fourth-order valence-corrected chi connectivity index (χ4v) is 2.12. The van der Waals surface area contributed by atoms with Gasteiger partial charge in [0.1, 0.15) is 0 Å². The summed E-state index contributed by atoms with van der Waals surface area (Å²) in [6.45, 7) is 0.819. The second kappa shape index (κ2) is 4.93. The molecule has 1 rings (SSSR count). The minimum Gasteiger partial charge on any atom is -0.378 e. The van der Waals surface area contributed by atoms with Crippen LogP contribution in [0.5, 0.6) is 0 Å². The lowest BCUT2D eigenvalue weighted by atomic mass is 10.1. The largest absolute Gasteiger partial charge is 0.378 e. The van der Waals surface area contributed by atoms with Crippen molar-refractivity contribution < 1.29 is 13.2 Å². The Morgan fingerprint density at radius 2 is 2.15 bits per heavy atom. The van der Waals surface area contributed by atoms with Gasteiger partial charge in [-0.1, -0.05) is 0 Å². The van der Waals surface area contributed by atoms with Crippen LogP contribution in [0.3, 0.4) is 0 Å². The van der Waals surface area contributed by atoms with E-state index in [9.17, 15) is 8.42 Å². The molecule has 1 unspecified atom stereocenters. The molecule has 1 aliphatic heterocycles. The highest BCUT2D eigenvalue weighted by atomic mass is 32.2. The topological polar surface area (TPSA) is 69.4 Å². The quantitative estimate of drug-likeness (QED) is 0.735. The Balaban J connectivity index is 2.11. The molecule has 0 saturated carbocycles. The van der Waals surface area contributed by atoms with Gasteiger partial charge in [0.15, 0.2) is 0 Å². The standard InChI is InChI=1S/C8H17NO3S/c9-13(10,11)7-3-5-8-4-1-2-6-12-8/h8H,1-7H2,(H2,9,10,11). The molecule has 0 aromatic carbocycles. The molecule has 0 spiro atoms. The summed E-state index contributed by atoms with van der Waals surface area (Å²) in [5.41, 5.74) is 0. The fraction of sp³-hybridized carbons (Fsp3) is 1.00. The number of ether oxygens (including phenoxy) is 1. The predicted octanol–water partition coefficient (Wildman–Crippen LogP) is 0.624. The van der Waals surface area contributed by atoms with Gasteiger partial charge in [-0.05, 0) is 32.1 Å². The molecule has 1 heterocycles. The van der Waals surface area contributed by atoms with Gasteiger partial charge in [0.25, 0.3) is 0 Å². The number of hydrogen-bond acceptors (Lipinski definition) is 3. The Labute approximate surface area is 79.5 Å². The fourth-order valence-electron chi connectivity index (χ4n) is 1.55. The molecule has 0 aromatic heterocycles. The van der Waals surface area contributed by atoms with E-state index in [4.69, 9.17) is 9.88 Å². The Kier molecular flexibility index (Phi) is 4.15. The molecule has 5 heteroatoms. The second-order valence-corrected chi connectivity index (χ2v) is 5.23. The molecule has 0 aromatic rings. The van der Waals surface area contributed by atoms with Crippen LogP contribution >= 0.6 is 0 Å². The number of nitrogens with two attached hydrogens (primary N) is 1. The molecule has 1 aliphatic rings.